The number of aliphatic carboxylic acids is 1. The van der Waals surface area contributed by atoms with Crippen molar-refractivity contribution in [2.75, 3.05) is 0 Å². The highest BCUT2D eigenvalue weighted by Gasteiger charge is 2.23. The van der Waals surface area contributed by atoms with Crippen LogP contribution in [0.4, 0.5) is 0 Å². The van der Waals surface area contributed by atoms with Gasteiger partial charge in [-0.25, -0.2) is 4.98 Å². The minimum atomic E-state index is -1.08. The second-order valence-electron chi connectivity index (χ2n) is 6.09. The first-order valence-corrected chi connectivity index (χ1v) is 9.27. The maximum atomic E-state index is 13.1. The summed E-state index contributed by atoms with van der Waals surface area (Å²) in [6.45, 7) is -0.438. The molecule has 0 atom stereocenters. The van der Waals surface area contributed by atoms with Crippen LogP contribution in [0.25, 0.3) is 21.6 Å². The van der Waals surface area contributed by atoms with E-state index in [-0.39, 0.29) is 5.56 Å². The summed E-state index contributed by atoms with van der Waals surface area (Å²) < 4.78 is 1.23. The van der Waals surface area contributed by atoms with E-state index in [1.807, 2.05) is 0 Å². The Morgan fingerprint density at radius 1 is 1.28 bits per heavy atom. The Morgan fingerprint density at radius 3 is 2.80 bits per heavy atom. The van der Waals surface area contributed by atoms with Gasteiger partial charge >= 0.3 is 5.97 Å². The van der Waals surface area contributed by atoms with Crippen LogP contribution in [0.2, 0.25) is 5.02 Å². The molecule has 5 nitrogen and oxygen atoms in total. The van der Waals surface area contributed by atoms with Crippen molar-refractivity contribution in [3.63, 3.8) is 0 Å². The predicted molar refractivity (Wildman–Crippen MR) is 98.6 cm³/mol. The van der Waals surface area contributed by atoms with Gasteiger partial charge in [-0.15, -0.1) is 11.3 Å². The molecule has 25 heavy (non-hydrogen) atoms. The molecule has 0 amide bonds. The number of hydrogen-bond donors (Lipinski definition) is 1. The number of aromatic nitrogens is 2. The molecule has 128 valence electrons. The normalized spacial score (nSPS) is 13.8. The lowest BCUT2D eigenvalue weighted by molar-refractivity contribution is -0.137. The van der Waals surface area contributed by atoms with Crippen molar-refractivity contribution in [2.24, 2.45) is 0 Å². The molecule has 2 aromatic heterocycles. The topological polar surface area (TPSA) is 72.2 Å². The standard InChI is InChI=1S/C18H15ClN2O3S/c19-12-7-3-1-5-10(12)16-20-17-15(18(24)21(16)9-14(22)23)11-6-2-4-8-13(11)25-17/h1,3,5,7H,2,4,6,8-9H2,(H,22,23). The first-order valence-electron chi connectivity index (χ1n) is 8.08. The van der Waals surface area contributed by atoms with Gasteiger partial charge < -0.3 is 5.11 Å². The van der Waals surface area contributed by atoms with Crippen LogP contribution in [0.15, 0.2) is 29.1 Å². The van der Waals surface area contributed by atoms with E-state index in [9.17, 15) is 14.7 Å². The summed E-state index contributed by atoms with van der Waals surface area (Å²) in [6.07, 6.45) is 3.96. The number of benzene rings is 1. The fraction of sp³-hybridized carbons (Fsp3) is 0.278. The Hall–Kier alpha value is -2.18. The Labute approximate surface area is 152 Å². The summed E-state index contributed by atoms with van der Waals surface area (Å²) in [6, 6.07) is 7.04. The van der Waals surface area contributed by atoms with Gasteiger partial charge in [0, 0.05) is 10.4 Å². The van der Waals surface area contributed by atoms with Gasteiger partial charge in [-0.3, -0.25) is 14.2 Å². The molecule has 4 rings (SSSR count). The van der Waals surface area contributed by atoms with Gasteiger partial charge in [0.25, 0.3) is 5.56 Å². The van der Waals surface area contributed by atoms with Crippen LogP contribution >= 0.6 is 22.9 Å². The molecule has 0 bridgehead atoms. The molecule has 0 fully saturated rings. The average Bonchev–Trinajstić information content (AvgIpc) is 2.96. The molecule has 1 N–H and O–H groups in total. The van der Waals surface area contributed by atoms with Crippen molar-refractivity contribution in [1.82, 2.24) is 9.55 Å². The van der Waals surface area contributed by atoms with Gasteiger partial charge in [0.15, 0.2) is 0 Å². The molecular weight excluding hydrogens is 360 g/mol. The Balaban J connectivity index is 2.06. The van der Waals surface area contributed by atoms with E-state index in [4.69, 9.17) is 11.6 Å². The maximum Gasteiger partial charge on any atom is 0.323 e. The summed E-state index contributed by atoms with van der Waals surface area (Å²) in [5.41, 5.74) is 1.33. The van der Waals surface area contributed by atoms with E-state index >= 15 is 0 Å². The minimum Gasteiger partial charge on any atom is -0.480 e. The number of rotatable bonds is 3. The summed E-state index contributed by atoms with van der Waals surface area (Å²) >= 11 is 7.81. The number of carbonyl (C=O) groups is 1. The fourth-order valence-corrected chi connectivity index (χ4v) is 4.84. The minimum absolute atomic E-state index is 0.290. The number of halogens is 1. The largest absolute Gasteiger partial charge is 0.480 e. The number of hydrogen-bond acceptors (Lipinski definition) is 4. The quantitative estimate of drug-likeness (QED) is 0.758. The van der Waals surface area contributed by atoms with Crippen LogP contribution in [-0.4, -0.2) is 20.6 Å². The molecule has 3 aromatic rings. The zero-order valence-corrected chi connectivity index (χ0v) is 14.9. The number of carboxylic acid groups (broad SMARTS) is 1. The monoisotopic (exact) mass is 374 g/mol. The van der Waals surface area contributed by atoms with Crippen molar-refractivity contribution >= 4 is 39.1 Å². The summed E-state index contributed by atoms with van der Waals surface area (Å²) in [4.78, 5) is 31.0. The third-order valence-corrected chi connectivity index (χ3v) is 6.00. The van der Waals surface area contributed by atoms with E-state index in [0.29, 0.717) is 26.6 Å². The second kappa shape index (κ2) is 6.28. The molecule has 0 radical (unpaired) electrons. The number of carboxylic acids is 1. The zero-order valence-electron chi connectivity index (χ0n) is 13.3. The lowest BCUT2D eigenvalue weighted by atomic mass is 9.97. The molecule has 1 aliphatic carbocycles. The van der Waals surface area contributed by atoms with Gasteiger partial charge in [-0.05, 0) is 43.4 Å². The van der Waals surface area contributed by atoms with Crippen molar-refractivity contribution in [3.8, 4) is 11.4 Å². The molecule has 1 aliphatic rings. The first kappa shape index (κ1) is 16.3. The van der Waals surface area contributed by atoms with Gasteiger partial charge in [0.2, 0.25) is 0 Å². The lowest BCUT2D eigenvalue weighted by Gasteiger charge is -2.13. The van der Waals surface area contributed by atoms with E-state index in [0.717, 1.165) is 31.2 Å². The number of nitrogens with zero attached hydrogens (tertiary/aromatic N) is 2. The van der Waals surface area contributed by atoms with E-state index in [2.05, 4.69) is 4.98 Å². The van der Waals surface area contributed by atoms with Crippen LogP contribution in [0.1, 0.15) is 23.3 Å². The number of thiophene rings is 1. The first-order chi connectivity index (χ1) is 12.1. The predicted octanol–water partition coefficient (Wildman–Crippen LogP) is 3.74. The smallest absolute Gasteiger partial charge is 0.323 e. The highest BCUT2D eigenvalue weighted by molar-refractivity contribution is 7.18. The molecular formula is C18H15ClN2O3S. The van der Waals surface area contributed by atoms with Crippen LogP contribution in [0, 0.1) is 0 Å². The molecule has 0 saturated heterocycles. The maximum absolute atomic E-state index is 13.1. The molecule has 0 spiro atoms. The molecule has 1 aromatic carbocycles. The molecule has 0 unspecified atom stereocenters. The van der Waals surface area contributed by atoms with Gasteiger partial charge in [0.1, 0.15) is 17.2 Å². The van der Waals surface area contributed by atoms with E-state index in [1.54, 1.807) is 35.6 Å². The van der Waals surface area contributed by atoms with Gasteiger partial charge in [0.05, 0.1) is 10.4 Å². The summed E-state index contributed by atoms with van der Waals surface area (Å²) in [5, 5.41) is 10.3. The number of fused-ring (bicyclic) bond motifs is 3. The molecule has 0 saturated carbocycles. The third kappa shape index (κ3) is 2.75. The van der Waals surface area contributed by atoms with E-state index < -0.39 is 12.5 Å². The Kier molecular flexibility index (Phi) is 4.09. The SMILES string of the molecule is O=C(O)Cn1c(-c2ccccc2Cl)nc2sc3c(c2c1=O)CCCC3. The van der Waals surface area contributed by atoms with E-state index in [1.165, 1.54) is 9.44 Å². The number of aryl methyl sites for hydroxylation is 2. The zero-order chi connectivity index (χ0) is 17.6. The van der Waals surface area contributed by atoms with Crippen molar-refractivity contribution < 1.29 is 9.90 Å². The van der Waals surface area contributed by atoms with Gasteiger partial charge in [-0.2, -0.15) is 0 Å². The summed E-state index contributed by atoms with van der Waals surface area (Å²) in [5.74, 6) is -0.773. The average molecular weight is 375 g/mol. The highest BCUT2D eigenvalue weighted by atomic mass is 35.5. The third-order valence-electron chi connectivity index (χ3n) is 4.48. The highest BCUT2D eigenvalue weighted by Crippen LogP contribution is 2.35. The van der Waals surface area contributed by atoms with Crippen LogP contribution in [-0.2, 0) is 24.2 Å². The van der Waals surface area contributed by atoms with Crippen molar-refractivity contribution in [3.05, 3.63) is 50.1 Å². The van der Waals surface area contributed by atoms with Crippen LogP contribution < -0.4 is 5.56 Å². The Bertz CT molecular complexity index is 1050. The van der Waals surface area contributed by atoms with Crippen molar-refractivity contribution in [2.45, 2.75) is 32.2 Å². The molecule has 2 heterocycles. The molecule has 0 aliphatic heterocycles. The van der Waals surface area contributed by atoms with Crippen LogP contribution in [0.5, 0.6) is 0 Å². The Morgan fingerprint density at radius 2 is 2.04 bits per heavy atom. The molecule has 7 heteroatoms. The van der Waals surface area contributed by atoms with Crippen molar-refractivity contribution in [1.29, 1.82) is 0 Å². The second-order valence-corrected chi connectivity index (χ2v) is 7.58. The van der Waals surface area contributed by atoms with Crippen LogP contribution in [0.3, 0.4) is 0 Å². The lowest BCUT2D eigenvalue weighted by Crippen LogP contribution is -2.27. The van der Waals surface area contributed by atoms with Gasteiger partial charge in [-0.1, -0.05) is 23.7 Å². The fourth-order valence-electron chi connectivity index (χ4n) is 3.37. The summed E-state index contributed by atoms with van der Waals surface area (Å²) in [7, 11) is 0.